The predicted molar refractivity (Wildman–Crippen MR) is 61.6 cm³/mol. The minimum atomic E-state index is -0.415. The number of carbonyl (C=O) groups is 1. The van der Waals surface area contributed by atoms with Crippen LogP contribution >= 0.6 is 0 Å². The Kier molecular flexibility index (Phi) is 3.14. The molecule has 0 unspecified atom stereocenters. The fourth-order valence-corrected chi connectivity index (χ4v) is 1.64. The van der Waals surface area contributed by atoms with Crippen molar-refractivity contribution in [3.63, 3.8) is 0 Å². The molecule has 17 heavy (non-hydrogen) atoms. The van der Waals surface area contributed by atoms with E-state index < -0.39 is 5.82 Å². The van der Waals surface area contributed by atoms with Gasteiger partial charge >= 0.3 is 0 Å². The number of halogens is 1. The zero-order valence-electron chi connectivity index (χ0n) is 9.18. The molecule has 0 amide bonds. The number of rotatable bonds is 3. The molecule has 0 N–H and O–H groups in total. The SMILES string of the molecule is COc1nccc(C=O)c1-c1ccccc1F. The summed E-state index contributed by atoms with van der Waals surface area (Å²) in [5.74, 6) is -0.179. The van der Waals surface area contributed by atoms with Crippen LogP contribution in [0.25, 0.3) is 11.1 Å². The molecule has 0 saturated carbocycles. The van der Waals surface area contributed by atoms with E-state index in [9.17, 15) is 9.18 Å². The van der Waals surface area contributed by atoms with Crippen LogP contribution in [0.4, 0.5) is 4.39 Å². The number of methoxy groups -OCH3 is 1. The summed E-state index contributed by atoms with van der Waals surface area (Å²) in [6.07, 6.45) is 2.11. The first-order valence-corrected chi connectivity index (χ1v) is 5.01. The second-order valence-corrected chi connectivity index (χ2v) is 3.38. The summed E-state index contributed by atoms with van der Waals surface area (Å²) in [5.41, 5.74) is 1.03. The summed E-state index contributed by atoms with van der Waals surface area (Å²) in [5, 5.41) is 0. The van der Waals surface area contributed by atoms with Gasteiger partial charge < -0.3 is 4.74 Å². The molecule has 86 valence electrons. The van der Waals surface area contributed by atoms with E-state index in [2.05, 4.69) is 4.98 Å². The summed E-state index contributed by atoms with van der Waals surface area (Å²) >= 11 is 0. The Bertz CT molecular complexity index is 555. The lowest BCUT2D eigenvalue weighted by atomic mass is 10.0. The molecule has 0 saturated heterocycles. The molecular weight excluding hydrogens is 221 g/mol. The molecule has 0 radical (unpaired) electrons. The second-order valence-electron chi connectivity index (χ2n) is 3.38. The molecule has 1 heterocycles. The number of benzene rings is 1. The van der Waals surface area contributed by atoms with Crippen molar-refractivity contribution >= 4 is 6.29 Å². The molecule has 1 aromatic heterocycles. The molecule has 0 aliphatic heterocycles. The van der Waals surface area contributed by atoms with E-state index >= 15 is 0 Å². The van der Waals surface area contributed by atoms with Crippen LogP contribution in [0.15, 0.2) is 36.5 Å². The minimum absolute atomic E-state index is 0.236. The Morgan fingerprint density at radius 1 is 1.29 bits per heavy atom. The fraction of sp³-hybridized carbons (Fsp3) is 0.0769. The van der Waals surface area contributed by atoms with Crippen molar-refractivity contribution in [1.29, 1.82) is 0 Å². The number of carbonyl (C=O) groups excluding carboxylic acids is 1. The number of aromatic nitrogens is 1. The molecule has 1 aromatic carbocycles. The summed E-state index contributed by atoms with van der Waals surface area (Å²) < 4.78 is 18.8. The van der Waals surface area contributed by atoms with Crippen LogP contribution < -0.4 is 4.74 Å². The van der Waals surface area contributed by atoms with Gasteiger partial charge in [0, 0.05) is 17.3 Å². The number of nitrogens with zero attached hydrogens (tertiary/aromatic N) is 1. The highest BCUT2D eigenvalue weighted by molar-refractivity contribution is 5.89. The zero-order chi connectivity index (χ0) is 12.3. The number of hydrogen-bond acceptors (Lipinski definition) is 3. The van der Waals surface area contributed by atoms with Crippen LogP contribution in [-0.4, -0.2) is 18.4 Å². The van der Waals surface area contributed by atoms with E-state index in [1.807, 2.05) is 0 Å². The van der Waals surface area contributed by atoms with Gasteiger partial charge in [-0.1, -0.05) is 18.2 Å². The zero-order valence-corrected chi connectivity index (χ0v) is 9.18. The molecule has 2 rings (SSSR count). The lowest BCUT2D eigenvalue weighted by molar-refractivity contribution is 0.112. The van der Waals surface area contributed by atoms with E-state index in [0.29, 0.717) is 23.0 Å². The van der Waals surface area contributed by atoms with Crippen molar-refractivity contribution in [2.75, 3.05) is 7.11 Å². The molecule has 4 heteroatoms. The molecule has 2 aromatic rings. The van der Waals surface area contributed by atoms with Gasteiger partial charge in [-0.15, -0.1) is 0 Å². The molecule has 0 aliphatic rings. The maximum atomic E-state index is 13.7. The standard InChI is InChI=1S/C13H10FNO2/c1-17-13-12(9(8-16)6-7-15-13)10-4-2-3-5-11(10)14/h2-8H,1H3. The monoisotopic (exact) mass is 231 g/mol. The number of aldehydes is 1. The van der Waals surface area contributed by atoms with E-state index in [4.69, 9.17) is 4.74 Å². The Morgan fingerprint density at radius 3 is 2.71 bits per heavy atom. The van der Waals surface area contributed by atoms with Gasteiger partial charge in [0.25, 0.3) is 0 Å². The van der Waals surface area contributed by atoms with Gasteiger partial charge in [-0.3, -0.25) is 4.79 Å². The molecular formula is C13H10FNO2. The maximum Gasteiger partial charge on any atom is 0.221 e. The lowest BCUT2D eigenvalue weighted by Crippen LogP contribution is -1.97. The van der Waals surface area contributed by atoms with Crippen molar-refractivity contribution in [1.82, 2.24) is 4.98 Å². The normalized spacial score (nSPS) is 10.0. The van der Waals surface area contributed by atoms with Crippen molar-refractivity contribution in [3.8, 4) is 17.0 Å². The summed E-state index contributed by atoms with van der Waals surface area (Å²) in [7, 11) is 1.43. The van der Waals surface area contributed by atoms with Crippen LogP contribution in [0.1, 0.15) is 10.4 Å². The summed E-state index contributed by atoms with van der Waals surface area (Å²) in [6, 6.07) is 7.72. The summed E-state index contributed by atoms with van der Waals surface area (Å²) in [4.78, 5) is 14.9. The third-order valence-electron chi connectivity index (χ3n) is 2.41. The van der Waals surface area contributed by atoms with Crippen LogP contribution in [0.3, 0.4) is 0 Å². The highest BCUT2D eigenvalue weighted by Crippen LogP contribution is 2.32. The molecule has 0 bridgehead atoms. The predicted octanol–water partition coefficient (Wildman–Crippen LogP) is 2.71. The molecule has 0 spiro atoms. The minimum Gasteiger partial charge on any atom is -0.481 e. The van der Waals surface area contributed by atoms with Gasteiger partial charge in [-0.25, -0.2) is 9.37 Å². The number of pyridine rings is 1. The average molecular weight is 231 g/mol. The number of hydrogen-bond donors (Lipinski definition) is 0. The Balaban J connectivity index is 2.73. The average Bonchev–Trinajstić information content (AvgIpc) is 2.38. The second kappa shape index (κ2) is 4.74. The molecule has 0 fully saturated rings. The molecule has 0 atom stereocenters. The van der Waals surface area contributed by atoms with Gasteiger partial charge in [0.2, 0.25) is 5.88 Å². The van der Waals surface area contributed by atoms with Crippen LogP contribution in [0.5, 0.6) is 5.88 Å². The van der Waals surface area contributed by atoms with Crippen molar-refractivity contribution < 1.29 is 13.9 Å². The lowest BCUT2D eigenvalue weighted by Gasteiger charge is -2.10. The van der Waals surface area contributed by atoms with E-state index in [-0.39, 0.29) is 5.88 Å². The topological polar surface area (TPSA) is 39.2 Å². The van der Waals surface area contributed by atoms with E-state index in [1.165, 1.54) is 25.4 Å². The molecule has 0 aliphatic carbocycles. The van der Waals surface area contributed by atoms with Gasteiger partial charge in [0.15, 0.2) is 6.29 Å². The van der Waals surface area contributed by atoms with Crippen molar-refractivity contribution in [3.05, 3.63) is 47.9 Å². The van der Waals surface area contributed by atoms with Crippen molar-refractivity contribution in [2.45, 2.75) is 0 Å². The van der Waals surface area contributed by atoms with Crippen molar-refractivity contribution in [2.24, 2.45) is 0 Å². The molecule has 3 nitrogen and oxygen atoms in total. The largest absolute Gasteiger partial charge is 0.481 e. The highest BCUT2D eigenvalue weighted by Gasteiger charge is 2.15. The maximum absolute atomic E-state index is 13.7. The van der Waals surface area contributed by atoms with Gasteiger partial charge in [-0.05, 0) is 12.1 Å². The van der Waals surface area contributed by atoms with Crippen LogP contribution in [0.2, 0.25) is 0 Å². The first kappa shape index (κ1) is 11.3. The third-order valence-corrected chi connectivity index (χ3v) is 2.41. The van der Waals surface area contributed by atoms with Gasteiger partial charge in [0.1, 0.15) is 5.82 Å². The first-order chi connectivity index (χ1) is 8.27. The third kappa shape index (κ3) is 2.01. The Morgan fingerprint density at radius 2 is 2.06 bits per heavy atom. The van der Waals surface area contributed by atoms with Crippen LogP contribution in [-0.2, 0) is 0 Å². The smallest absolute Gasteiger partial charge is 0.221 e. The Hall–Kier alpha value is -2.23. The van der Waals surface area contributed by atoms with E-state index in [0.717, 1.165) is 0 Å². The van der Waals surface area contributed by atoms with Gasteiger partial charge in [-0.2, -0.15) is 0 Å². The fourth-order valence-electron chi connectivity index (χ4n) is 1.64. The highest BCUT2D eigenvalue weighted by atomic mass is 19.1. The summed E-state index contributed by atoms with van der Waals surface area (Å²) in [6.45, 7) is 0. The van der Waals surface area contributed by atoms with Crippen LogP contribution in [0, 0.1) is 5.82 Å². The first-order valence-electron chi connectivity index (χ1n) is 5.01. The van der Waals surface area contributed by atoms with Gasteiger partial charge in [0.05, 0.1) is 12.7 Å². The quantitative estimate of drug-likeness (QED) is 0.762. The van der Waals surface area contributed by atoms with E-state index in [1.54, 1.807) is 18.2 Å². The Labute approximate surface area is 97.9 Å². The number of ether oxygens (including phenoxy) is 1.